The smallest absolute Gasteiger partial charge is 0.314 e. The third-order valence-corrected chi connectivity index (χ3v) is 5.38. The van der Waals surface area contributed by atoms with Crippen molar-refractivity contribution < 1.29 is 23.4 Å². The van der Waals surface area contributed by atoms with Gasteiger partial charge >= 0.3 is 5.97 Å². The molecule has 0 aliphatic heterocycles. The van der Waals surface area contributed by atoms with Crippen LogP contribution in [-0.4, -0.2) is 17.2 Å². The van der Waals surface area contributed by atoms with E-state index in [2.05, 4.69) is 0 Å². The molecular weight excluding hydrogens is 338 g/mol. The Morgan fingerprint density at radius 3 is 2.42 bits per heavy atom. The summed E-state index contributed by atoms with van der Waals surface area (Å²) < 4.78 is 32.8. The second kappa shape index (κ2) is 7.54. The lowest BCUT2D eigenvalue weighted by Crippen LogP contribution is -2.42. The predicted octanol–water partition coefficient (Wildman–Crippen LogP) is 4.76. The van der Waals surface area contributed by atoms with Gasteiger partial charge in [0.2, 0.25) is 0 Å². The van der Waals surface area contributed by atoms with Crippen molar-refractivity contribution in [3.63, 3.8) is 0 Å². The van der Waals surface area contributed by atoms with E-state index < -0.39 is 11.4 Å². The van der Waals surface area contributed by atoms with E-state index in [1.165, 1.54) is 18.2 Å². The second-order valence-electron chi connectivity index (χ2n) is 6.94. The van der Waals surface area contributed by atoms with E-state index in [1.54, 1.807) is 31.2 Å². The lowest BCUT2D eigenvalue weighted by atomic mass is 9.67. The van der Waals surface area contributed by atoms with Crippen LogP contribution in [0.2, 0.25) is 0 Å². The van der Waals surface area contributed by atoms with Gasteiger partial charge in [-0.05, 0) is 67.5 Å². The summed E-state index contributed by atoms with van der Waals surface area (Å²) in [5.41, 5.74) is 0.770. The van der Waals surface area contributed by atoms with Gasteiger partial charge in [0.1, 0.15) is 11.6 Å². The normalized spacial score (nSPS) is 23.0. The molecular formula is C21H22F2O3. The third-order valence-electron chi connectivity index (χ3n) is 5.38. The molecule has 0 radical (unpaired) electrons. The molecule has 2 aromatic rings. The van der Waals surface area contributed by atoms with Gasteiger partial charge in [-0.3, -0.25) is 4.79 Å². The maximum Gasteiger partial charge on any atom is 0.314 e. The molecule has 3 rings (SSSR count). The van der Waals surface area contributed by atoms with Crippen LogP contribution in [0.25, 0.3) is 0 Å². The van der Waals surface area contributed by atoms with Crippen molar-refractivity contribution in [3.8, 4) is 0 Å². The minimum atomic E-state index is -1.07. The van der Waals surface area contributed by atoms with Gasteiger partial charge in [0.05, 0.1) is 18.1 Å². The Kier molecular flexibility index (Phi) is 5.37. The number of rotatable bonds is 5. The molecule has 0 heterocycles. The monoisotopic (exact) mass is 360 g/mol. The summed E-state index contributed by atoms with van der Waals surface area (Å²) in [6, 6.07) is 10.8. The van der Waals surface area contributed by atoms with Crippen molar-refractivity contribution in [2.24, 2.45) is 0 Å². The Morgan fingerprint density at radius 1 is 1.15 bits per heavy atom. The van der Waals surface area contributed by atoms with Crippen molar-refractivity contribution in [2.75, 3.05) is 0 Å². The SMILES string of the molecule is Cc1c(F)cccc1[C@]1(C(=O)O)CC[C@@H](OCc2ccc(F)cc2)CC1. The molecule has 1 N–H and O–H groups in total. The minimum absolute atomic E-state index is 0.0543. The van der Waals surface area contributed by atoms with Gasteiger partial charge in [-0.1, -0.05) is 24.3 Å². The van der Waals surface area contributed by atoms with E-state index >= 15 is 0 Å². The number of benzene rings is 2. The highest BCUT2D eigenvalue weighted by atomic mass is 19.1. The first-order valence-electron chi connectivity index (χ1n) is 8.77. The fourth-order valence-corrected chi connectivity index (χ4v) is 3.77. The van der Waals surface area contributed by atoms with Gasteiger partial charge in [0.25, 0.3) is 0 Å². The lowest BCUT2D eigenvalue weighted by Gasteiger charge is -2.38. The molecule has 0 aromatic heterocycles. The van der Waals surface area contributed by atoms with E-state index in [0.717, 1.165) is 5.56 Å². The molecule has 1 aliphatic carbocycles. The first-order valence-corrected chi connectivity index (χ1v) is 8.77. The molecule has 138 valence electrons. The summed E-state index contributed by atoms with van der Waals surface area (Å²) in [6.07, 6.45) is 1.93. The average molecular weight is 360 g/mol. The highest BCUT2D eigenvalue weighted by Gasteiger charge is 2.44. The van der Waals surface area contributed by atoms with Crippen LogP contribution in [0.5, 0.6) is 0 Å². The van der Waals surface area contributed by atoms with Crippen molar-refractivity contribution in [2.45, 2.75) is 50.7 Å². The van der Waals surface area contributed by atoms with Crippen molar-refractivity contribution in [3.05, 3.63) is 70.8 Å². The van der Waals surface area contributed by atoms with Crippen molar-refractivity contribution in [1.29, 1.82) is 0 Å². The maximum atomic E-state index is 13.9. The van der Waals surface area contributed by atoms with Gasteiger partial charge in [0.15, 0.2) is 0 Å². The zero-order valence-electron chi connectivity index (χ0n) is 14.7. The van der Waals surface area contributed by atoms with Crippen LogP contribution < -0.4 is 0 Å². The average Bonchev–Trinajstić information content (AvgIpc) is 2.64. The summed E-state index contributed by atoms with van der Waals surface area (Å²) >= 11 is 0. The number of carbonyl (C=O) groups is 1. The Balaban J connectivity index is 1.69. The van der Waals surface area contributed by atoms with Crippen LogP contribution in [0, 0.1) is 18.6 Å². The molecule has 0 unspecified atom stereocenters. The fraction of sp³-hybridized carbons (Fsp3) is 0.381. The minimum Gasteiger partial charge on any atom is -0.481 e. The molecule has 0 atom stereocenters. The third kappa shape index (κ3) is 3.63. The van der Waals surface area contributed by atoms with Crippen LogP contribution in [-0.2, 0) is 21.6 Å². The summed E-state index contributed by atoms with van der Waals surface area (Å²) in [6.45, 7) is 2.00. The van der Waals surface area contributed by atoms with Crippen LogP contribution in [0.3, 0.4) is 0 Å². The summed E-state index contributed by atoms with van der Waals surface area (Å²) in [7, 11) is 0. The second-order valence-corrected chi connectivity index (χ2v) is 6.94. The Bertz CT molecular complexity index is 778. The van der Waals surface area contributed by atoms with Crippen molar-refractivity contribution >= 4 is 5.97 Å². The molecule has 1 saturated carbocycles. The standard InChI is InChI=1S/C21H22F2O3/c1-14-18(3-2-4-19(14)23)21(20(24)25)11-9-17(10-12-21)26-13-15-5-7-16(22)8-6-15/h2-8,17H,9-13H2,1H3,(H,24,25)/t17-,21+. The van der Waals surface area contributed by atoms with E-state index in [-0.39, 0.29) is 17.7 Å². The van der Waals surface area contributed by atoms with Crippen LogP contribution in [0.1, 0.15) is 42.4 Å². The van der Waals surface area contributed by atoms with Crippen LogP contribution >= 0.6 is 0 Å². The highest BCUT2D eigenvalue weighted by molar-refractivity contribution is 5.82. The van der Waals surface area contributed by atoms with Gasteiger partial charge in [-0.15, -0.1) is 0 Å². The summed E-state index contributed by atoms with van der Waals surface area (Å²) in [5.74, 6) is -1.58. The number of hydrogen-bond donors (Lipinski definition) is 1. The highest BCUT2D eigenvalue weighted by Crippen LogP contribution is 2.42. The Hall–Kier alpha value is -2.27. The fourth-order valence-electron chi connectivity index (χ4n) is 3.77. The Labute approximate surface area is 151 Å². The molecule has 1 aliphatic rings. The first-order chi connectivity index (χ1) is 12.4. The number of aliphatic carboxylic acids is 1. The number of carboxylic acids is 1. The quantitative estimate of drug-likeness (QED) is 0.837. The van der Waals surface area contributed by atoms with Gasteiger partial charge < -0.3 is 9.84 Å². The molecule has 0 bridgehead atoms. The van der Waals surface area contributed by atoms with Crippen LogP contribution in [0.15, 0.2) is 42.5 Å². The molecule has 0 saturated heterocycles. The van der Waals surface area contributed by atoms with Gasteiger partial charge in [0, 0.05) is 0 Å². The molecule has 0 amide bonds. The number of hydrogen-bond acceptors (Lipinski definition) is 2. The zero-order valence-corrected chi connectivity index (χ0v) is 14.7. The largest absolute Gasteiger partial charge is 0.481 e. The molecule has 26 heavy (non-hydrogen) atoms. The summed E-state index contributed by atoms with van der Waals surface area (Å²) in [4.78, 5) is 12.1. The molecule has 5 heteroatoms. The maximum absolute atomic E-state index is 13.9. The van der Waals surface area contributed by atoms with Gasteiger partial charge in [-0.25, -0.2) is 8.78 Å². The number of carboxylic acid groups (broad SMARTS) is 1. The lowest BCUT2D eigenvalue weighted by molar-refractivity contribution is -0.146. The van der Waals surface area contributed by atoms with Gasteiger partial charge in [-0.2, -0.15) is 0 Å². The first kappa shape index (κ1) is 18.5. The molecule has 0 spiro atoms. The Morgan fingerprint density at radius 2 is 1.81 bits per heavy atom. The van der Waals surface area contributed by atoms with Crippen molar-refractivity contribution in [1.82, 2.24) is 0 Å². The van der Waals surface area contributed by atoms with E-state index in [9.17, 15) is 18.7 Å². The zero-order chi connectivity index (χ0) is 18.7. The molecule has 3 nitrogen and oxygen atoms in total. The predicted molar refractivity (Wildman–Crippen MR) is 93.9 cm³/mol. The van der Waals surface area contributed by atoms with E-state index in [0.29, 0.717) is 43.4 Å². The molecule has 1 fully saturated rings. The molecule has 2 aromatic carbocycles. The topological polar surface area (TPSA) is 46.5 Å². The van der Waals surface area contributed by atoms with Crippen LogP contribution in [0.4, 0.5) is 8.78 Å². The number of halogens is 2. The summed E-state index contributed by atoms with van der Waals surface area (Å²) in [5, 5.41) is 9.88. The van der Waals surface area contributed by atoms with E-state index in [1.807, 2.05) is 0 Å². The number of ether oxygens (including phenoxy) is 1. The van der Waals surface area contributed by atoms with E-state index in [4.69, 9.17) is 4.74 Å².